The maximum absolute atomic E-state index is 13.2. The Bertz CT molecular complexity index is 1110. The summed E-state index contributed by atoms with van der Waals surface area (Å²) >= 11 is 2.76. The fraction of sp³-hybridized carbons (Fsp3) is 0.348. The van der Waals surface area contributed by atoms with Gasteiger partial charge in [0.1, 0.15) is 11.9 Å². The fourth-order valence-corrected chi connectivity index (χ4v) is 4.88. The number of aliphatic imine (C=N–C) groups is 2. The van der Waals surface area contributed by atoms with Crippen molar-refractivity contribution < 1.29 is 14.4 Å². The molecule has 0 unspecified atom stereocenters. The molecule has 0 radical (unpaired) electrons. The molecule has 172 valence electrons. The Kier molecular flexibility index (Phi) is 7.24. The van der Waals surface area contributed by atoms with Crippen molar-refractivity contribution in [3.8, 4) is 0 Å². The molecule has 10 heteroatoms. The number of fused-ring (bicyclic) bond motifs is 3. The molecule has 0 aliphatic carbocycles. The Balaban J connectivity index is 1.48. The van der Waals surface area contributed by atoms with Crippen LogP contribution in [0.2, 0.25) is 0 Å². The lowest BCUT2D eigenvalue weighted by molar-refractivity contribution is -0.128. The van der Waals surface area contributed by atoms with Crippen LogP contribution < -0.4 is 10.6 Å². The highest BCUT2D eigenvalue weighted by atomic mass is 32.2. The molecular formula is C23H25N5O3S2. The van der Waals surface area contributed by atoms with E-state index >= 15 is 0 Å². The van der Waals surface area contributed by atoms with Gasteiger partial charge in [-0.25, -0.2) is 9.89 Å². The number of carbonyl (C=O) groups is 3. The van der Waals surface area contributed by atoms with Crippen molar-refractivity contribution in [2.45, 2.75) is 45.3 Å². The zero-order valence-electron chi connectivity index (χ0n) is 18.4. The second kappa shape index (κ2) is 10.3. The number of rotatable bonds is 8. The molecule has 8 nitrogen and oxygen atoms in total. The Hall–Kier alpha value is -2.98. The van der Waals surface area contributed by atoms with Gasteiger partial charge in [-0.1, -0.05) is 36.9 Å². The molecule has 3 heterocycles. The molecule has 33 heavy (non-hydrogen) atoms. The van der Waals surface area contributed by atoms with E-state index in [2.05, 4.69) is 20.6 Å². The molecule has 1 aromatic heterocycles. The molecule has 0 saturated heterocycles. The molecular weight excluding hydrogens is 458 g/mol. The summed E-state index contributed by atoms with van der Waals surface area (Å²) in [6.45, 7) is 4.37. The number of hydrogen-bond acceptors (Lipinski definition) is 7. The number of carbonyl (C=O) groups excluding carboxylic acids is 3. The van der Waals surface area contributed by atoms with Gasteiger partial charge < -0.3 is 10.6 Å². The summed E-state index contributed by atoms with van der Waals surface area (Å²) in [7, 11) is 0. The monoisotopic (exact) mass is 483 g/mol. The molecule has 2 N–H and O–H groups in total. The van der Waals surface area contributed by atoms with Crippen molar-refractivity contribution in [2.75, 3.05) is 5.75 Å². The topological polar surface area (TPSA) is 103 Å². The third-order valence-electron chi connectivity index (χ3n) is 5.32. The number of hydrogen-bond donors (Lipinski definition) is 2. The minimum Gasteiger partial charge on any atom is -0.353 e. The molecule has 3 amide bonds. The summed E-state index contributed by atoms with van der Waals surface area (Å²) < 4.78 is 0. The molecule has 2 aliphatic rings. The summed E-state index contributed by atoms with van der Waals surface area (Å²) in [5.74, 6) is -0.0522. The number of thiophene rings is 1. The van der Waals surface area contributed by atoms with E-state index in [1.807, 2.05) is 55.6 Å². The van der Waals surface area contributed by atoms with E-state index in [0.29, 0.717) is 23.2 Å². The van der Waals surface area contributed by atoms with Gasteiger partial charge in [-0.05, 0) is 36.9 Å². The minimum atomic E-state index is -0.825. The second-order valence-corrected chi connectivity index (χ2v) is 9.75. The van der Waals surface area contributed by atoms with Crippen LogP contribution in [0.15, 0.2) is 51.8 Å². The van der Waals surface area contributed by atoms with E-state index in [0.717, 1.165) is 16.9 Å². The molecule has 2 atom stereocenters. The van der Waals surface area contributed by atoms with E-state index in [9.17, 15) is 14.4 Å². The van der Waals surface area contributed by atoms with Crippen LogP contribution in [-0.2, 0) is 20.9 Å². The van der Waals surface area contributed by atoms with Gasteiger partial charge in [0.05, 0.1) is 24.4 Å². The third kappa shape index (κ3) is 5.33. The number of amides is 3. The van der Waals surface area contributed by atoms with Crippen LogP contribution in [0.25, 0.3) is 0 Å². The number of thioether (sulfide) groups is 1. The second-order valence-electron chi connectivity index (χ2n) is 7.78. The number of nitrogens with one attached hydrogen (secondary N) is 2. The van der Waals surface area contributed by atoms with Gasteiger partial charge in [0.2, 0.25) is 11.8 Å². The number of nitrogens with zero attached hydrogens (tertiary/aromatic N) is 3. The minimum absolute atomic E-state index is 0.0428. The van der Waals surface area contributed by atoms with E-state index in [1.54, 1.807) is 11.3 Å². The summed E-state index contributed by atoms with van der Waals surface area (Å²) in [6, 6.07) is 10.6. The quantitative estimate of drug-likeness (QED) is 0.602. The highest BCUT2D eigenvalue weighted by Gasteiger charge is 2.42. The fourth-order valence-electron chi connectivity index (χ4n) is 3.43. The lowest BCUT2D eigenvalue weighted by Gasteiger charge is -2.25. The highest BCUT2D eigenvalue weighted by molar-refractivity contribution is 8.14. The molecule has 1 aromatic carbocycles. The summed E-state index contributed by atoms with van der Waals surface area (Å²) in [5.41, 5.74) is 1.42. The predicted molar refractivity (Wildman–Crippen MR) is 132 cm³/mol. The maximum atomic E-state index is 13.2. The van der Waals surface area contributed by atoms with Gasteiger partial charge in [-0.15, -0.1) is 11.3 Å². The maximum Gasteiger partial charge on any atom is 0.259 e. The van der Waals surface area contributed by atoms with Crippen LogP contribution in [0.4, 0.5) is 5.69 Å². The van der Waals surface area contributed by atoms with E-state index < -0.39 is 6.04 Å². The van der Waals surface area contributed by atoms with Crippen LogP contribution in [-0.4, -0.2) is 51.5 Å². The standard InChI is InChI=1S/C23H25N5O3S2/c1-3-14(2)25-20(30)13-33-23-27-17-9-5-4-8-16(17)21-26-18(22(31)28(21)23)11-19(29)24-12-15-7-6-10-32-15/h4-10,14,18H,3,11-13H2,1-2H3,(H,24,29)(H,25,30)/t14-,18+/m1/s1. The Morgan fingerprint density at radius 2 is 2.03 bits per heavy atom. The molecule has 0 saturated carbocycles. The summed E-state index contributed by atoms with van der Waals surface area (Å²) in [5, 5.41) is 8.12. The van der Waals surface area contributed by atoms with Gasteiger partial charge in [0.25, 0.3) is 5.91 Å². The normalized spacial score (nSPS) is 17.6. The zero-order valence-corrected chi connectivity index (χ0v) is 20.0. The molecule has 0 bridgehead atoms. The van der Waals surface area contributed by atoms with Crippen LogP contribution >= 0.6 is 23.1 Å². The Morgan fingerprint density at radius 1 is 1.21 bits per heavy atom. The predicted octanol–water partition coefficient (Wildman–Crippen LogP) is 3.06. The van der Waals surface area contributed by atoms with E-state index in [-0.39, 0.29) is 35.9 Å². The SMILES string of the molecule is CC[C@@H](C)NC(=O)CSC1=Nc2ccccc2C2=N[C@@H](CC(=O)NCc3cccs3)C(=O)N12. The Labute approximate surface area is 200 Å². The van der Waals surface area contributed by atoms with E-state index in [4.69, 9.17) is 0 Å². The van der Waals surface area contributed by atoms with Crippen LogP contribution in [0.3, 0.4) is 0 Å². The third-order valence-corrected chi connectivity index (χ3v) is 7.13. The van der Waals surface area contributed by atoms with Crippen LogP contribution in [0.1, 0.15) is 37.1 Å². The molecule has 2 aromatic rings. The first-order valence-electron chi connectivity index (χ1n) is 10.8. The van der Waals surface area contributed by atoms with E-state index in [1.165, 1.54) is 16.7 Å². The van der Waals surface area contributed by atoms with Gasteiger partial charge in [0.15, 0.2) is 5.17 Å². The average molecular weight is 484 g/mol. The smallest absolute Gasteiger partial charge is 0.259 e. The van der Waals surface area contributed by atoms with Gasteiger partial charge >= 0.3 is 0 Å². The number of benzene rings is 1. The van der Waals surface area contributed by atoms with Crippen molar-refractivity contribution in [1.82, 2.24) is 15.5 Å². The molecule has 0 fully saturated rings. The molecule has 0 spiro atoms. The molecule has 4 rings (SSSR count). The van der Waals surface area contributed by atoms with Gasteiger partial charge in [0, 0.05) is 16.5 Å². The largest absolute Gasteiger partial charge is 0.353 e. The zero-order chi connectivity index (χ0) is 23.4. The van der Waals surface area contributed by atoms with Crippen molar-refractivity contribution in [3.63, 3.8) is 0 Å². The summed E-state index contributed by atoms with van der Waals surface area (Å²) in [6.07, 6.45) is 0.793. The summed E-state index contributed by atoms with van der Waals surface area (Å²) in [4.78, 5) is 49.7. The van der Waals surface area contributed by atoms with Gasteiger partial charge in [-0.3, -0.25) is 19.4 Å². The average Bonchev–Trinajstić information content (AvgIpc) is 3.44. The lowest BCUT2D eigenvalue weighted by atomic mass is 10.1. The van der Waals surface area contributed by atoms with Crippen molar-refractivity contribution in [3.05, 3.63) is 52.2 Å². The van der Waals surface area contributed by atoms with Crippen molar-refractivity contribution >= 4 is 57.5 Å². The highest BCUT2D eigenvalue weighted by Crippen LogP contribution is 2.34. The first-order valence-corrected chi connectivity index (χ1v) is 12.6. The van der Waals surface area contributed by atoms with Crippen molar-refractivity contribution in [1.29, 1.82) is 0 Å². The van der Waals surface area contributed by atoms with Gasteiger partial charge in [-0.2, -0.15) is 0 Å². The lowest BCUT2D eigenvalue weighted by Crippen LogP contribution is -2.42. The first-order chi connectivity index (χ1) is 16.0. The van der Waals surface area contributed by atoms with Crippen LogP contribution in [0, 0.1) is 0 Å². The molecule has 2 aliphatic heterocycles. The Morgan fingerprint density at radius 3 is 2.79 bits per heavy atom. The van der Waals surface area contributed by atoms with Crippen molar-refractivity contribution in [2.24, 2.45) is 9.98 Å². The van der Waals surface area contributed by atoms with Crippen LogP contribution in [0.5, 0.6) is 0 Å². The first kappa shape index (κ1) is 23.2. The number of amidine groups is 2. The number of para-hydroxylation sites is 1.